The molecule has 0 saturated heterocycles. The summed E-state index contributed by atoms with van der Waals surface area (Å²) >= 11 is 0. The Hall–Kier alpha value is -2.11. The van der Waals surface area contributed by atoms with Crippen LogP contribution in [0.15, 0.2) is 17.2 Å². The maximum Gasteiger partial charge on any atom is 0.345 e. The second-order valence-electron chi connectivity index (χ2n) is 5.40. The third-order valence-corrected chi connectivity index (χ3v) is 3.46. The van der Waals surface area contributed by atoms with Gasteiger partial charge in [0.1, 0.15) is 11.4 Å². The summed E-state index contributed by atoms with van der Waals surface area (Å²) in [6, 6.07) is 0.0219. The minimum atomic E-state index is -0.610. The highest BCUT2D eigenvalue weighted by atomic mass is 16.5. The summed E-state index contributed by atoms with van der Waals surface area (Å²) in [4.78, 5) is 30.6. The number of carbonyl (C=O) groups is 1. The van der Waals surface area contributed by atoms with Crippen molar-refractivity contribution in [1.82, 2.24) is 14.5 Å². The molecule has 0 radical (unpaired) electrons. The van der Waals surface area contributed by atoms with Gasteiger partial charge < -0.3 is 9.64 Å². The van der Waals surface area contributed by atoms with Gasteiger partial charge in [-0.1, -0.05) is 0 Å². The van der Waals surface area contributed by atoms with E-state index < -0.39 is 5.97 Å². The number of aromatic nitrogens is 2. The van der Waals surface area contributed by atoms with E-state index >= 15 is 0 Å². The molecule has 1 atom stereocenters. The van der Waals surface area contributed by atoms with Crippen molar-refractivity contribution in [2.75, 3.05) is 20.7 Å². The third-order valence-electron chi connectivity index (χ3n) is 3.46. The highest BCUT2D eigenvalue weighted by Gasteiger charge is 2.25. The average molecular weight is 291 g/mol. The van der Waals surface area contributed by atoms with Gasteiger partial charge in [0.05, 0.1) is 6.61 Å². The molecule has 2 heterocycles. The maximum atomic E-state index is 12.6. The van der Waals surface area contributed by atoms with Crippen molar-refractivity contribution in [3.63, 3.8) is 0 Å². The zero-order valence-electron chi connectivity index (χ0n) is 12.9. The Labute approximate surface area is 124 Å². The summed E-state index contributed by atoms with van der Waals surface area (Å²) in [5.41, 5.74) is 0.680. The lowest BCUT2D eigenvalue weighted by Gasteiger charge is -2.27. The molecular formula is C15H21N3O3. The van der Waals surface area contributed by atoms with Crippen LogP contribution in [0, 0.1) is 0 Å². The Bertz CT molecular complexity index is 632. The van der Waals surface area contributed by atoms with Crippen molar-refractivity contribution in [3.05, 3.63) is 34.1 Å². The van der Waals surface area contributed by atoms with Gasteiger partial charge in [-0.3, -0.25) is 9.36 Å². The molecule has 0 saturated carbocycles. The molecule has 1 unspecified atom stereocenters. The molecule has 21 heavy (non-hydrogen) atoms. The number of rotatable bonds is 3. The number of esters is 1. The van der Waals surface area contributed by atoms with E-state index in [4.69, 9.17) is 4.74 Å². The van der Waals surface area contributed by atoms with Crippen molar-refractivity contribution in [1.29, 1.82) is 0 Å². The van der Waals surface area contributed by atoms with Crippen molar-refractivity contribution in [2.45, 2.75) is 32.7 Å². The first-order valence-corrected chi connectivity index (χ1v) is 7.11. The normalized spacial score (nSPS) is 19.2. The minimum Gasteiger partial charge on any atom is -0.462 e. The number of fused-ring (bicyclic) bond motifs is 1. The predicted molar refractivity (Wildman–Crippen MR) is 80.1 cm³/mol. The number of allylic oxidation sites excluding steroid dienone is 1. The van der Waals surface area contributed by atoms with Gasteiger partial charge in [-0.05, 0) is 26.7 Å². The molecule has 1 aliphatic heterocycles. The topological polar surface area (TPSA) is 64.4 Å². The molecule has 1 aliphatic rings. The van der Waals surface area contributed by atoms with Crippen molar-refractivity contribution >= 4 is 11.5 Å². The van der Waals surface area contributed by atoms with Crippen LogP contribution < -0.4 is 5.56 Å². The summed E-state index contributed by atoms with van der Waals surface area (Å²) in [5, 5.41) is 0. The highest BCUT2D eigenvalue weighted by Crippen LogP contribution is 2.29. The zero-order valence-corrected chi connectivity index (χ0v) is 12.9. The standard InChI is InChI=1S/C15H21N3O3/c1-5-21-15(20)12-8-16-13-11(9-17(3)4)7-6-10(2)18(13)14(12)19/h8-10H,5-7H2,1-4H3/b11-9-. The minimum absolute atomic E-state index is 0.00134. The van der Waals surface area contributed by atoms with Crippen LogP contribution in [-0.2, 0) is 4.74 Å². The zero-order chi connectivity index (χ0) is 15.6. The summed E-state index contributed by atoms with van der Waals surface area (Å²) < 4.78 is 6.51. The SMILES string of the molecule is CCOC(=O)c1cnc2n(c1=O)C(C)CC/C2=C/N(C)C. The number of hydrogen-bond acceptors (Lipinski definition) is 5. The smallest absolute Gasteiger partial charge is 0.345 e. The van der Waals surface area contributed by atoms with Gasteiger partial charge in [-0.25, -0.2) is 9.78 Å². The lowest BCUT2D eigenvalue weighted by atomic mass is 10.0. The molecular weight excluding hydrogens is 270 g/mol. The monoisotopic (exact) mass is 291 g/mol. The first kappa shape index (κ1) is 15.3. The number of hydrogen-bond donors (Lipinski definition) is 0. The van der Waals surface area contributed by atoms with E-state index in [9.17, 15) is 9.59 Å². The van der Waals surface area contributed by atoms with Crippen LogP contribution in [0.1, 0.15) is 48.9 Å². The summed E-state index contributed by atoms with van der Waals surface area (Å²) in [5.74, 6) is 0.0294. The fourth-order valence-electron chi connectivity index (χ4n) is 2.50. The molecule has 0 aliphatic carbocycles. The van der Waals surface area contributed by atoms with Gasteiger partial charge in [0.15, 0.2) is 0 Å². The van der Waals surface area contributed by atoms with E-state index in [0.29, 0.717) is 5.82 Å². The average Bonchev–Trinajstić information content (AvgIpc) is 2.41. The third kappa shape index (κ3) is 2.99. The number of carbonyl (C=O) groups excluding carboxylic acids is 1. The molecule has 0 bridgehead atoms. The van der Waals surface area contributed by atoms with Crippen LogP contribution in [0.3, 0.4) is 0 Å². The second-order valence-corrected chi connectivity index (χ2v) is 5.40. The van der Waals surface area contributed by atoms with Gasteiger partial charge in [0.25, 0.3) is 5.56 Å². The molecule has 1 aromatic rings. The van der Waals surface area contributed by atoms with Crippen molar-refractivity contribution in [2.24, 2.45) is 0 Å². The van der Waals surface area contributed by atoms with Crippen molar-refractivity contribution in [3.8, 4) is 0 Å². The van der Waals surface area contributed by atoms with Crippen LogP contribution >= 0.6 is 0 Å². The maximum absolute atomic E-state index is 12.6. The largest absolute Gasteiger partial charge is 0.462 e. The first-order valence-electron chi connectivity index (χ1n) is 7.11. The lowest BCUT2D eigenvalue weighted by Crippen LogP contribution is -2.34. The summed E-state index contributed by atoms with van der Waals surface area (Å²) in [7, 11) is 3.86. The molecule has 6 heteroatoms. The van der Waals surface area contributed by atoms with E-state index in [1.807, 2.05) is 32.1 Å². The molecule has 0 spiro atoms. The van der Waals surface area contributed by atoms with Crippen LogP contribution in [0.2, 0.25) is 0 Å². The Morgan fingerprint density at radius 2 is 2.29 bits per heavy atom. The van der Waals surface area contributed by atoms with Gasteiger partial charge in [0, 0.05) is 38.1 Å². The molecule has 0 amide bonds. The van der Waals surface area contributed by atoms with Crippen LogP contribution in [-0.4, -0.2) is 41.1 Å². The first-order chi connectivity index (χ1) is 9.95. The van der Waals surface area contributed by atoms with Crippen LogP contribution in [0.5, 0.6) is 0 Å². The van der Waals surface area contributed by atoms with Gasteiger partial charge in [0.2, 0.25) is 0 Å². The Morgan fingerprint density at radius 1 is 1.57 bits per heavy atom. The van der Waals surface area contributed by atoms with E-state index in [0.717, 1.165) is 18.4 Å². The lowest BCUT2D eigenvalue weighted by molar-refractivity contribution is 0.0522. The highest BCUT2D eigenvalue weighted by molar-refractivity contribution is 5.88. The molecule has 114 valence electrons. The molecule has 2 rings (SSSR count). The van der Waals surface area contributed by atoms with Gasteiger partial charge >= 0.3 is 5.97 Å². The van der Waals surface area contributed by atoms with Crippen LogP contribution in [0.25, 0.3) is 5.57 Å². The van der Waals surface area contributed by atoms with E-state index in [1.54, 1.807) is 11.5 Å². The van der Waals surface area contributed by atoms with E-state index in [1.165, 1.54) is 6.20 Å². The molecule has 1 aromatic heterocycles. The van der Waals surface area contributed by atoms with Crippen LogP contribution in [0.4, 0.5) is 0 Å². The summed E-state index contributed by atoms with van der Waals surface area (Å²) in [6.45, 7) is 3.91. The quantitative estimate of drug-likeness (QED) is 0.793. The Balaban J connectivity index is 2.56. The Kier molecular flexibility index (Phi) is 4.45. The molecule has 0 aromatic carbocycles. The van der Waals surface area contributed by atoms with E-state index in [2.05, 4.69) is 4.98 Å². The predicted octanol–water partition coefficient (Wildman–Crippen LogP) is 1.68. The molecule has 6 nitrogen and oxygen atoms in total. The Morgan fingerprint density at radius 3 is 2.90 bits per heavy atom. The fraction of sp³-hybridized carbons (Fsp3) is 0.533. The molecule has 0 fully saturated rings. The summed E-state index contributed by atoms with van der Waals surface area (Å²) in [6.07, 6.45) is 5.01. The van der Waals surface area contributed by atoms with Crippen molar-refractivity contribution < 1.29 is 9.53 Å². The molecule has 0 N–H and O–H groups in total. The number of nitrogens with zero attached hydrogens (tertiary/aromatic N) is 3. The van der Waals surface area contributed by atoms with E-state index in [-0.39, 0.29) is 23.8 Å². The second kappa shape index (κ2) is 6.11. The van der Waals surface area contributed by atoms with Gasteiger partial charge in [-0.15, -0.1) is 0 Å². The number of ether oxygens (including phenoxy) is 1. The van der Waals surface area contributed by atoms with Gasteiger partial charge in [-0.2, -0.15) is 0 Å². The fourth-order valence-corrected chi connectivity index (χ4v) is 2.50.